The fourth-order valence-corrected chi connectivity index (χ4v) is 3.44. The summed E-state index contributed by atoms with van der Waals surface area (Å²) < 4.78 is 5.63. The van der Waals surface area contributed by atoms with Crippen LogP contribution in [0.5, 0.6) is 0 Å². The van der Waals surface area contributed by atoms with Crippen LogP contribution in [-0.2, 0) is 16.1 Å². The molecule has 1 aromatic rings. The summed E-state index contributed by atoms with van der Waals surface area (Å²) in [5.74, 6) is 0.119. The highest BCUT2D eigenvalue weighted by Crippen LogP contribution is 2.27. The van der Waals surface area contributed by atoms with Crippen LogP contribution in [0.3, 0.4) is 0 Å². The molecular formula is C18H27N3O2. The van der Waals surface area contributed by atoms with E-state index in [-0.39, 0.29) is 18.1 Å². The van der Waals surface area contributed by atoms with Gasteiger partial charge in [-0.2, -0.15) is 0 Å². The molecule has 0 bridgehead atoms. The molecule has 1 fully saturated rings. The van der Waals surface area contributed by atoms with Gasteiger partial charge in [0.15, 0.2) is 0 Å². The number of hydrogen-bond donors (Lipinski definition) is 2. The summed E-state index contributed by atoms with van der Waals surface area (Å²) in [5, 5.41) is 6.48. The quantitative estimate of drug-likeness (QED) is 0.863. The standard InChI is InChI=1S/C18H27N3O2/c1-13-12-23-14(2)11-21(13)8-7-19-18(22)9-17-16-6-4-3-5-15(16)10-20-17/h3-6,13-14,17,20H,7-12H2,1-2H3,(H,19,22). The summed E-state index contributed by atoms with van der Waals surface area (Å²) in [6, 6.07) is 8.90. The molecule has 2 aliphatic rings. The zero-order chi connectivity index (χ0) is 16.2. The fourth-order valence-electron chi connectivity index (χ4n) is 3.44. The van der Waals surface area contributed by atoms with Gasteiger partial charge in [0.2, 0.25) is 5.91 Å². The maximum Gasteiger partial charge on any atom is 0.221 e. The van der Waals surface area contributed by atoms with Gasteiger partial charge in [0.1, 0.15) is 0 Å². The average Bonchev–Trinajstić information content (AvgIpc) is 2.94. The lowest BCUT2D eigenvalue weighted by Crippen LogP contribution is -2.49. The summed E-state index contributed by atoms with van der Waals surface area (Å²) in [5.41, 5.74) is 2.57. The van der Waals surface area contributed by atoms with Gasteiger partial charge in [-0.15, -0.1) is 0 Å². The Balaban J connectivity index is 1.42. The monoisotopic (exact) mass is 317 g/mol. The Morgan fingerprint density at radius 1 is 1.39 bits per heavy atom. The van der Waals surface area contributed by atoms with Crippen molar-refractivity contribution >= 4 is 5.91 Å². The van der Waals surface area contributed by atoms with Crippen molar-refractivity contribution in [3.05, 3.63) is 35.4 Å². The van der Waals surface area contributed by atoms with Gasteiger partial charge >= 0.3 is 0 Å². The molecule has 0 radical (unpaired) electrons. The number of hydrogen-bond acceptors (Lipinski definition) is 4. The van der Waals surface area contributed by atoms with E-state index in [1.54, 1.807) is 0 Å². The number of ether oxygens (including phenoxy) is 1. The molecule has 5 nitrogen and oxygen atoms in total. The molecule has 3 unspecified atom stereocenters. The molecule has 3 atom stereocenters. The molecular weight excluding hydrogens is 290 g/mol. The minimum atomic E-state index is 0.119. The van der Waals surface area contributed by atoms with Gasteiger partial charge < -0.3 is 15.4 Å². The van der Waals surface area contributed by atoms with E-state index in [9.17, 15) is 4.79 Å². The topological polar surface area (TPSA) is 53.6 Å². The smallest absolute Gasteiger partial charge is 0.221 e. The molecule has 1 amide bonds. The first-order valence-corrected chi connectivity index (χ1v) is 8.57. The van der Waals surface area contributed by atoms with Crippen LogP contribution in [0.2, 0.25) is 0 Å². The molecule has 2 N–H and O–H groups in total. The van der Waals surface area contributed by atoms with E-state index in [0.717, 1.165) is 26.2 Å². The average molecular weight is 317 g/mol. The molecule has 0 aromatic heterocycles. The van der Waals surface area contributed by atoms with Crippen LogP contribution < -0.4 is 10.6 Å². The van der Waals surface area contributed by atoms with E-state index in [0.29, 0.717) is 19.0 Å². The van der Waals surface area contributed by atoms with Gasteiger partial charge in [-0.05, 0) is 25.0 Å². The molecule has 23 heavy (non-hydrogen) atoms. The predicted molar refractivity (Wildman–Crippen MR) is 90.1 cm³/mol. The van der Waals surface area contributed by atoms with Crippen molar-refractivity contribution in [2.24, 2.45) is 0 Å². The van der Waals surface area contributed by atoms with E-state index >= 15 is 0 Å². The SMILES string of the molecule is CC1CN(CCNC(=O)CC2NCc3ccccc32)C(C)CO1. The van der Waals surface area contributed by atoms with Gasteiger partial charge in [0.05, 0.1) is 12.7 Å². The first-order chi connectivity index (χ1) is 11.1. The Hall–Kier alpha value is -1.43. The van der Waals surface area contributed by atoms with Crippen LogP contribution in [0.1, 0.15) is 37.4 Å². The molecule has 2 aliphatic heterocycles. The Labute approximate surface area is 138 Å². The molecule has 1 saturated heterocycles. The van der Waals surface area contributed by atoms with Crippen molar-refractivity contribution in [1.29, 1.82) is 0 Å². The summed E-state index contributed by atoms with van der Waals surface area (Å²) >= 11 is 0. The predicted octanol–water partition coefficient (Wildman–Crippen LogP) is 1.45. The van der Waals surface area contributed by atoms with Gasteiger partial charge in [-0.1, -0.05) is 24.3 Å². The number of morpholine rings is 1. The van der Waals surface area contributed by atoms with Crippen LogP contribution in [0, 0.1) is 0 Å². The van der Waals surface area contributed by atoms with Crippen LogP contribution in [0.4, 0.5) is 0 Å². The highest BCUT2D eigenvalue weighted by molar-refractivity contribution is 5.77. The molecule has 126 valence electrons. The third kappa shape index (κ3) is 4.10. The molecule has 1 aromatic carbocycles. The maximum absolute atomic E-state index is 12.2. The summed E-state index contributed by atoms with van der Waals surface area (Å²) in [6.07, 6.45) is 0.785. The third-order valence-electron chi connectivity index (χ3n) is 4.82. The van der Waals surface area contributed by atoms with Crippen molar-refractivity contribution < 1.29 is 9.53 Å². The number of carbonyl (C=O) groups excluding carboxylic acids is 1. The third-order valence-corrected chi connectivity index (χ3v) is 4.82. The van der Waals surface area contributed by atoms with Crippen LogP contribution in [0.15, 0.2) is 24.3 Å². The van der Waals surface area contributed by atoms with Gasteiger partial charge in [0, 0.05) is 44.7 Å². The lowest BCUT2D eigenvalue weighted by Gasteiger charge is -2.36. The molecule has 2 heterocycles. The van der Waals surface area contributed by atoms with Gasteiger partial charge in [-0.3, -0.25) is 9.69 Å². The molecule has 0 saturated carbocycles. The largest absolute Gasteiger partial charge is 0.376 e. The Kier molecular flexibility index (Phi) is 5.30. The van der Waals surface area contributed by atoms with Crippen LogP contribution >= 0.6 is 0 Å². The molecule has 0 aliphatic carbocycles. The van der Waals surface area contributed by atoms with Crippen molar-refractivity contribution in [3.8, 4) is 0 Å². The Bertz CT molecular complexity index is 549. The minimum absolute atomic E-state index is 0.119. The van der Waals surface area contributed by atoms with Crippen LogP contribution in [-0.4, -0.2) is 49.2 Å². The first-order valence-electron chi connectivity index (χ1n) is 8.57. The van der Waals surface area contributed by atoms with Crippen molar-refractivity contribution in [3.63, 3.8) is 0 Å². The zero-order valence-corrected chi connectivity index (χ0v) is 14.0. The van der Waals surface area contributed by atoms with Gasteiger partial charge in [0.25, 0.3) is 0 Å². The normalized spacial score (nSPS) is 27.7. The lowest BCUT2D eigenvalue weighted by molar-refractivity contribution is -0.121. The lowest BCUT2D eigenvalue weighted by atomic mass is 10.0. The number of amides is 1. The molecule has 3 rings (SSSR count). The summed E-state index contributed by atoms with van der Waals surface area (Å²) in [6.45, 7) is 8.43. The van der Waals surface area contributed by atoms with Crippen molar-refractivity contribution in [2.45, 2.75) is 45.0 Å². The second-order valence-electron chi connectivity index (χ2n) is 6.67. The van der Waals surface area contributed by atoms with E-state index in [1.165, 1.54) is 11.1 Å². The number of rotatable bonds is 5. The number of carbonyl (C=O) groups is 1. The van der Waals surface area contributed by atoms with Crippen molar-refractivity contribution in [2.75, 3.05) is 26.2 Å². The molecule has 5 heteroatoms. The van der Waals surface area contributed by atoms with Gasteiger partial charge in [-0.25, -0.2) is 0 Å². The second kappa shape index (κ2) is 7.43. The highest BCUT2D eigenvalue weighted by Gasteiger charge is 2.25. The first kappa shape index (κ1) is 16.4. The van der Waals surface area contributed by atoms with E-state index in [1.807, 2.05) is 12.1 Å². The summed E-state index contributed by atoms with van der Waals surface area (Å²) in [7, 11) is 0. The van der Waals surface area contributed by atoms with E-state index in [2.05, 4.69) is 41.5 Å². The highest BCUT2D eigenvalue weighted by atomic mass is 16.5. The van der Waals surface area contributed by atoms with E-state index in [4.69, 9.17) is 4.74 Å². The number of fused-ring (bicyclic) bond motifs is 1. The van der Waals surface area contributed by atoms with Crippen molar-refractivity contribution in [1.82, 2.24) is 15.5 Å². The molecule has 0 spiro atoms. The Morgan fingerprint density at radius 2 is 2.22 bits per heavy atom. The fraction of sp³-hybridized carbons (Fsp3) is 0.611. The zero-order valence-electron chi connectivity index (χ0n) is 14.0. The van der Waals surface area contributed by atoms with E-state index < -0.39 is 0 Å². The number of nitrogens with zero attached hydrogens (tertiary/aromatic N) is 1. The second-order valence-corrected chi connectivity index (χ2v) is 6.67. The minimum Gasteiger partial charge on any atom is -0.376 e. The number of benzene rings is 1. The summed E-state index contributed by atoms with van der Waals surface area (Å²) in [4.78, 5) is 14.6. The number of nitrogens with one attached hydrogen (secondary N) is 2. The van der Waals surface area contributed by atoms with Crippen LogP contribution in [0.25, 0.3) is 0 Å². The Morgan fingerprint density at radius 3 is 3.09 bits per heavy atom. The maximum atomic E-state index is 12.2.